The van der Waals surface area contributed by atoms with Crippen molar-refractivity contribution in [2.45, 2.75) is 13.2 Å². The fraction of sp³-hybridized carbons (Fsp3) is 0.0952. The number of rotatable bonds is 6. The van der Waals surface area contributed by atoms with Gasteiger partial charge in [-0.2, -0.15) is 0 Å². The minimum atomic E-state index is -0.487. The number of carbonyl (C=O) groups is 1. The molecule has 0 aromatic heterocycles. The minimum absolute atomic E-state index is 0.0685. The van der Waals surface area contributed by atoms with E-state index in [2.05, 4.69) is 15.9 Å². The monoisotopic (exact) mass is 414 g/mol. The molecule has 0 aliphatic rings. The first-order chi connectivity index (χ1) is 12.6. The summed E-state index contributed by atoms with van der Waals surface area (Å²) in [5, 5.41) is 0. The summed E-state index contributed by atoms with van der Waals surface area (Å²) in [5.74, 6) is -0.359. The Balaban J connectivity index is 1.65. The van der Waals surface area contributed by atoms with Crippen molar-refractivity contribution in [3.63, 3.8) is 0 Å². The lowest BCUT2D eigenvalue weighted by Gasteiger charge is -2.11. The van der Waals surface area contributed by atoms with Crippen LogP contribution in [0.4, 0.5) is 4.39 Å². The number of carbonyl (C=O) groups excluding carboxylic acids is 1. The topological polar surface area (TPSA) is 35.5 Å². The maximum atomic E-state index is 12.9. The van der Waals surface area contributed by atoms with Crippen LogP contribution in [0.15, 0.2) is 77.3 Å². The molecular weight excluding hydrogens is 399 g/mol. The van der Waals surface area contributed by atoms with E-state index in [9.17, 15) is 9.18 Å². The number of para-hydroxylation sites is 1. The third-order valence-electron chi connectivity index (χ3n) is 3.67. The molecule has 0 aliphatic carbocycles. The molecule has 3 rings (SSSR count). The van der Waals surface area contributed by atoms with Gasteiger partial charge in [-0.15, -0.1) is 0 Å². The summed E-state index contributed by atoms with van der Waals surface area (Å²) in [5.41, 5.74) is 2.05. The Kier molecular flexibility index (Phi) is 6.02. The predicted octanol–water partition coefficient (Wildman–Crippen LogP) is 5.52. The third kappa shape index (κ3) is 4.92. The van der Waals surface area contributed by atoms with Crippen LogP contribution < -0.4 is 4.74 Å². The molecule has 132 valence electrons. The zero-order valence-corrected chi connectivity index (χ0v) is 15.4. The Morgan fingerprint density at radius 1 is 0.885 bits per heavy atom. The van der Waals surface area contributed by atoms with E-state index in [-0.39, 0.29) is 12.4 Å². The molecule has 0 spiro atoms. The highest BCUT2D eigenvalue weighted by molar-refractivity contribution is 9.10. The molecule has 0 saturated carbocycles. The lowest BCUT2D eigenvalue weighted by molar-refractivity contribution is 0.0467. The molecule has 3 aromatic rings. The molecule has 5 heteroatoms. The zero-order chi connectivity index (χ0) is 18.4. The third-order valence-corrected chi connectivity index (χ3v) is 4.17. The van der Waals surface area contributed by atoms with Crippen molar-refractivity contribution in [2.75, 3.05) is 0 Å². The summed E-state index contributed by atoms with van der Waals surface area (Å²) in [6, 6.07) is 20.5. The molecule has 0 unspecified atom stereocenters. The van der Waals surface area contributed by atoms with E-state index >= 15 is 0 Å². The average molecular weight is 415 g/mol. The van der Waals surface area contributed by atoms with Crippen molar-refractivity contribution < 1.29 is 18.7 Å². The van der Waals surface area contributed by atoms with E-state index in [0.29, 0.717) is 23.5 Å². The van der Waals surface area contributed by atoms with Crippen molar-refractivity contribution in [2.24, 2.45) is 0 Å². The van der Waals surface area contributed by atoms with Gasteiger partial charge in [-0.05, 0) is 47.5 Å². The first-order valence-corrected chi connectivity index (χ1v) is 8.79. The van der Waals surface area contributed by atoms with Gasteiger partial charge < -0.3 is 9.47 Å². The minimum Gasteiger partial charge on any atom is -0.488 e. The summed E-state index contributed by atoms with van der Waals surface area (Å²) < 4.78 is 25.0. The molecule has 0 fully saturated rings. The van der Waals surface area contributed by atoms with Gasteiger partial charge in [0, 0.05) is 4.47 Å². The number of esters is 1. The molecule has 0 N–H and O–H groups in total. The number of ether oxygens (including phenoxy) is 2. The SMILES string of the molecule is O=C(OCc1ccc(F)cc1)c1ccccc1OCc1cccc(Br)c1. The van der Waals surface area contributed by atoms with Crippen molar-refractivity contribution in [3.8, 4) is 5.75 Å². The molecular formula is C21H16BrFO3. The molecule has 0 bridgehead atoms. The van der Waals surface area contributed by atoms with E-state index < -0.39 is 5.97 Å². The maximum Gasteiger partial charge on any atom is 0.342 e. The van der Waals surface area contributed by atoms with Gasteiger partial charge in [0.15, 0.2) is 0 Å². The van der Waals surface area contributed by atoms with Crippen LogP contribution in [0, 0.1) is 5.82 Å². The fourth-order valence-electron chi connectivity index (χ4n) is 2.36. The lowest BCUT2D eigenvalue weighted by Crippen LogP contribution is -2.08. The molecule has 0 heterocycles. The van der Waals surface area contributed by atoms with Gasteiger partial charge >= 0.3 is 5.97 Å². The average Bonchev–Trinajstić information content (AvgIpc) is 2.66. The summed E-state index contributed by atoms with van der Waals surface area (Å²) >= 11 is 3.42. The molecule has 0 atom stereocenters. The van der Waals surface area contributed by atoms with Gasteiger partial charge in [0.1, 0.15) is 30.3 Å². The highest BCUT2D eigenvalue weighted by Gasteiger charge is 2.14. The highest BCUT2D eigenvalue weighted by atomic mass is 79.9. The fourth-order valence-corrected chi connectivity index (χ4v) is 2.80. The van der Waals surface area contributed by atoms with Crippen molar-refractivity contribution in [1.29, 1.82) is 0 Å². The first-order valence-electron chi connectivity index (χ1n) is 7.99. The Morgan fingerprint density at radius 3 is 2.42 bits per heavy atom. The van der Waals surface area contributed by atoms with Crippen LogP contribution in [-0.4, -0.2) is 5.97 Å². The quantitative estimate of drug-likeness (QED) is 0.497. The number of hydrogen-bond donors (Lipinski definition) is 0. The van der Waals surface area contributed by atoms with E-state index in [0.717, 1.165) is 10.0 Å². The van der Waals surface area contributed by atoms with E-state index in [1.165, 1.54) is 12.1 Å². The molecule has 0 amide bonds. The predicted molar refractivity (Wildman–Crippen MR) is 100 cm³/mol. The largest absolute Gasteiger partial charge is 0.488 e. The van der Waals surface area contributed by atoms with E-state index in [1.807, 2.05) is 24.3 Å². The molecule has 3 nitrogen and oxygen atoms in total. The molecule has 26 heavy (non-hydrogen) atoms. The second kappa shape index (κ2) is 8.63. The Hall–Kier alpha value is -2.66. The van der Waals surface area contributed by atoms with Gasteiger partial charge in [-0.3, -0.25) is 0 Å². The van der Waals surface area contributed by atoms with Crippen LogP contribution in [0.5, 0.6) is 5.75 Å². The normalized spacial score (nSPS) is 10.4. The van der Waals surface area contributed by atoms with Gasteiger partial charge in [0.05, 0.1) is 0 Å². The van der Waals surface area contributed by atoms with Crippen molar-refractivity contribution >= 4 is 21.9 Å². The Bertz CT molecular complexity index is 894. The van der Waals surface area contributed by atoms with Gasteiger partial charge in [-0.1, -0.05) is 52.3 Å². The van der Waals surface area contributed by atoms with Gasteiger partial charge in [0.25, 0.3) is 0 Å². The van der Waals surface area contributed by atoms with Crippen LogP contribution in [0.1, 0.15) is 21.5 Å². The molecule has 0 radical (unpaired) electrons. The zero-order valence-electron chi connectivity index (χ0n) is 13.8. The summed E-state index contributed by atoms with van der Waals surface area (Å²) in [6.45, 7) is 0.404. The van der Waals surface area contributed by atoms with Crippen LogP contribution in [0.25, 0.3) is 0 Å². The van der Waals surface area contributed by atoms with Crippen LogP contribution in [-0.2, 0) is 18.0 Å². The number of halogens is 2. The van der Waals surface area contributed by atoms with Gasteiger partial charge in [0.2, 0.25) is 0 Å². The standard InChI is InChI=1S/C21H16BrFO3/c22-17-5-3-4-16(12-17)14-25-20-7-2-1-6-19(20)21(24)26-13-15-8-10-18(23)11-9-15/h1-12H,13-14H2. The first kappa shape index (κ1) is 18.1. The number of benzene rings is 3. The summed E-state index contributed by atoms with van der Waals surface area (Å²) in [6.07, 6.45) is 0. The van der Waals surface area contributed by atoms with Crippen molar-refractivity contribution in [1.82, 2.24) is 0 Å². The molecule has 0 saturated heterocycles. The van der Waals surface area contributed by atoms with Crippen LogP contribution >= 0.6 is 15.9 Å². The van der Waals surface area contributed by atoms with E-state index in [1.54, 1.807) is 36.4 Å². The highest BCUT2D eigenvalue weighted by Crippen LogP contribution is 2.22. The van der Waals surface area contributed by atoms with Crippen molar-refractivity contribution in [3.05, 3.63) is 99.8 Å². The summed E-state index contributed by atoms with van der Waals surface area (Å²) in [7, 11) is 0. The molecule has 3 aromatic carbocycles. The number of hydrogen-bond acceptors (Lipinski definition) is 3. The van der Waals surface area contributed by atoms with Crippen LogP contribution in [0.3, 0.4) is 0 Å². The smallest absolute Gasteiger partial charge is 0.342 e. The Labute approximate surface area is 159 Å². The summed E-state index contributed by atoms with van der Waals surface area (Å²) in [4.78, 5) is 12.4. The lowest BCUT2D eigenvalue weighted by atomic mass is 10.2. The Morgan fingerprint density at radius 2 is 1.65 bits per heavy atom. The molecule has 0 aliphatic heterocycles. The second-order valence-electron chi connectivity index (χ2n) is 5.62. The van der Waals surface area contributed by atoms with Gasteiger partial charge in [-0.25, -0.2) is 9.18 Å². The maximum absolute atomic E-state index is 12.9. The second-order valence-corrected chi connectivity index (χ2v) is 6.53. The van der Waals surface area contributed by atoms with Crippen LogP contribution in [0.2, 0.25) is 0 Å². The van der Waals surface area contributed by atoms with E-state index in [4.69, 9.17) is 9.47 Å².